The predicted molar refractivity (Wildman–Crippen MR) is 87.2 cm³/mol. The third kappa shape index (κ3) is 2.88. The summed E-state index contributed by atoms with van der Waals surface area (Å²) >= 11 is -1.98. The Morgan fingerprint density at radius 2 is 1.91 bits per heavy atom. The first-order valence-corrected chi connectivity index (χ1v) is 8.06. The van der Waals surface area contributed by atoms with Gasteiger partial charge < -0.3 is 15.2 Å². The monoisotopic (exact) mass is 316 g/mol. The van der Waals surface area contributed by atoms with Gasteiger partial charge in [0, 0.05) is 18.0 Å². The molecular formula is C16H16N2O3S. The van der Waals surface area contributed by atoms with E-state index in [1.165, 1.54) is 0 Å². The molecule has 0 fully saturated rings. The van der Waals surface area contributed by atoms with Crippen molar-refractivity contribution in [3.63, 3.8) is 0 Å². The smallest absolute Gasteiger partial charge is 0.226 e. The van der Waals surface area contributed by atoms with E-state index in [0.717, 1.165) is 22.5 Å². The number of hydrogen-bond acceptors (Lipinski definition) is 3. The van der Waals surface area contributed by atoms with E-state index in [2.05, 4.69) is 10.6 Å². The lowest BCUT2D eigenvalue weighted by Gasteiger charge is -2.16. The average Bonchev–Trinajstić information content (AvgIpc) is 2.63. The number of benzene rings is 2. The minimum Gasteiger partial charge on any atom is -0.380 e. The van der Waals surface area contributed by atoms with Gasteiger partial charge in [-0.05, 0) is 30.7 Å². The molecule has 0 radical (unpaired) electrons. The van der Waals surface area contributed by atoms with Crippen LogP contribution in [0.5, 0.6) is 0 Å². The van der Waals surface area contributed by atoms with Crippen LogP contribution in [-0.2, 0) is 15.9 Å². The number of carbonyl (C=O) groups excluding carboxylic acids is 1. The van der Waals surface area contributed by atoms with Crippen molar-refractivity contribution in [1.82, 2.24) is 0 Å². The summed E-state index contributed by atoms with van der Waals surface area (Å²) in [7, 11) is 0. The number of amides is 1. The molecule has 3 N–H and O–H groups in total. The molecule has 1 heterocycles. The van der Waals surface area contributed by atoms with E-state index >= 15 is 0 Å². The van der Waals surface area contributed by atoms with Crippen LogP contribution in [-0.4, -0.2) is 20.7 Å². The highest BCUT2D eigenvalue weighted by atomic mass is 32.2. The van der Waals surface area contributed by atoms with E-state index in [0.29, 0.717) is 11.3 Å². The molecule has 6 heteroatoms. The molecule has 0 spiro atoms. The molecule has 1 aliphatic rings. The van der Waals surface area contributed by atoms with Gasteiger partial charge in [0.2, 0.25) is 5.91 Å². The number of carbonyl (C=O) groups is 1. The van der Waals surface area contributed by atoms with Gasteiger partial charge in [0.25, 0.3) is 0 Å². The van der Waals surface area contributed by atoms with Gasteiger partial charge in [-0.25, -0.2) is 4.21 Å². The van der Waals surface area contributed by atoms with Gasteiger partial charge >= 0.3 is 0 Å². The van der Waals surface area contributed by atoms with Crippen molar-refractivity contribution in [3.8, 4) is 11.1 Å². The third-order valence-electron chi connectivity index (χ3n) is 3.59. The molecule has 5 nitrogen and oxygen atoms in total. The zero-order chi connectivity index (χ0) is 15.7. The second kappa shape index (κ2) is 5.90. The first kappa shape index (κ1) is 14.7. The van der Waals surface area contributed by atoms with Gasteiger partial charge in [0.05, 0.1) is 16.3 Å². The maximum Gasteiger partial charge on any atom is 0.226 e. The molecule has 2 aromatic carbocycles. The molecule has 0 aromatic heterocycles. The van der Waals surface area contributed by atoms with Crippen LogP contribution in [0.1, 0.15) is 13.3 Å². The van der Waals surface area contributed by atoms with Crippen LogP contribution in [0.3, 0.4) is 0 Å². The lowest BCUT2D eigenvalue weighted by molar-refractivity contribution is -0.116. The number of rotatable bonds is 2. The van der Waals surface area contributed by atoms with Gasteiger partial charge in [-0.3, -0.25) is 4.79 Å². The summed E-state index contributed by atoms with van der Waals surface area (Å²) in [6.45, 7) is 1.96. The number of anilines is 2. The highest BCUT2D eigenvalue weighted by Gasteiger charge is 2.20. The standard InChI is InChI=1S/C16H16N2O3S/c1-10-9-15(19)18-14-4-2-3-13(16(14)17-10)11-5-7-12(8-6-11)22(20)21/h2-8,10,17H,9H2,1H3,(H,18,19)(H,20,21)/t10-/m1/s1. The summed E-state index contributed by atoms with van der Waals surface area (Å²) in [6, 6.07) is 12.6. The summed E-state index contributed by atoms with van der Waals surface area (Å²) in [5, 5.41) is 6.27. The molecule has 0 saturated heterocycles. The van der Waals surface area contributed by atoms with Crippen LogP contribution in [0.15, 0.2) is 47.4 Å². The number of para-hydroxylation sites is 1. The molecule has 1 unspecified atom stereocenters. The van der Waals surface area contributed by atoms with Crippen molar-refractivity contribution in [1.29, 1.82) is 0 Å². The van der Waals surface area contributed by atoms with E-state index < -0.39 is 11.1 Å². The highest BCUT2D eigenvalue weighted by Crippen LogP contribution is 2.36. The number of fused-ring (bicyclic) bond motifs is 1. The van der Waals surface area contributed by atoms with Crippen molar-refractivity contribution in [2.24, 2.45) is 0 Å². The number of hydrogen-bond donors (Lipinski definition) is 3. The Kier molecular flexibility index (Phi) is 3.96. The van der Waals surface area contributed by atoms with Crippen molar-refractivity contribution < 1.29 is 13.6 Å². The Hall–Kier alpha value is -2.18. The Bertz CT molecular complexity index is 744. The minimum absolute atomic E-state index is 0.0121. The predicted octanol–water partition coefficient (Wildman–Crippen LogP) is 3.08. The molecule has 22 heavy (non-hydrogen) atoms. The van der Waals surface area contributed by atoms with Crippen LogP contribution in [0, 0.1) is 0 Å². The Labute approximate surface area is 131 Å². The molecule has 2 aromatic rings. The Balaban J connectivity index is 2.06. The van der Waals surface area contributed by atoms with Crippen molar-refractivity contribution in [3.05, 3.63) is 42.5 Å². The van der Waals surface area contributed by atoms with Crippen LogP contribution in [0.2, 0.25) is 0 Å². The first-order chi connectivity index (χ1) is 10.5. The minimum atomic E-state index is -1.98. The summed E-state index contributed by atoms with van der Waals surface area (Å²) in [5.41, 5.74) is 3.49. The van der Waals surface area contributed by atoms with Crippen molar-refractivity contribution in [2.75, 3.05) is 10.6 Å². The Morgan fingerprint density at radius 1 is 1.18 bits per heavy atom. The quantitative estimate of drug-likeness (QED) is 0.744. The fraction of sp³-hybridized carbons (Fsp3) is 0.188. The third-order valence-corrected chi connectivity index (χ3v) is 4.26. The normalized spacial score (nSPS) is 18.6. The van der Waals surface area contributed by atoms with Crippen molar-refractivity contribution in [2.45, 2.75) is 24.3 Å². The van der Waals surface area contributed by atoms with Crippen LogP contribution in [0.25, 0.3) is 11.1 Å². The molecule has 3 rings (SSSR count). The molecule has 1 amide bonds. The molecule has 0 aliphatic carbocycles. The molecular weight excluding hydrogens is 300 g/mol. The first-order valence-electron chi connectivity index (χ1n) is 6.95. The van der Waals surface area contributed by atoms with Gasteiger partial charge in [-0.15, -0.1) is 0 Å². The maximum absolute atomic E-state index is 11.8. The van der Waals surface area contributed by atoms with Gasteiger partial charge in [-0.1, -0.05) is 24.3 Å². The highest BCUT2D eigenvalue weighted by molar-refractivity contribution is 7.79. The van der Waals surface area contributed by atoms with Gasteiger partial charge in [-0.2, -0.15) is 0 Å². The topological polar surface area (TPSA) is 78.4 Å². The summed E-state index contributed by atoms with van der Waals surface area (Å²) in [6.07, 6.45) is 0.413. The SMILES string of the molecule is C[C@@H]1CC(=O)Nc2cccc(-c3ccc(S(=O)O)cc3)c2N1. The number of nitrogens with one attached hydrogen (secondary N) is 2. The van der Waals surface area contributed by atoms with E-state index in [9.17, 15) is 9.00 Å². The molecule has 1 aliphatic heterocycles. The van der Waals surface area contributed by atoms with Crippen LogP contribution >= 0.6 is 0 Å². The van der Waals surface area contributed by atoms with Crippen molar-refractivity contribution >= 4 is 28.4 Å². The van der Waals surface area contributed by atoms with E-state index in [1.54, 1.807) is 24.3 Å². The molecule has 2 atom stereocenters. The largest absolute Gasteiger partial charge is 0.380 e. The molecule has 0 bridgehead atoms. The Morgan fingerprint density at radius 3 is 2.59 bits per heavy atom. The van der Waals surface area contributed by atoms with Crippen LogP contribution < -0.4 is 10.6 Å². The zero-order valence-corrected chi connectivity index (χ0v) is 12.8. The van der Waals surface area contributed by atoms with E-state index in [-0.39, 0.29) is 11.9 Å². The fourth-order valence-corrected chi connectivity index (χ4v) is 2.95. The zero-order valence-electron chi connectivity index (χ0n) is 12.0. The molecule has 0 saturated carbocycles. The van der Waals surface area contributed by atoms with Gasteiger partial charge in [0.1, 0.15) is 0 Å². The summed E-state index contributed by atoms with van der Waals surface area (Å²) in [5.74, 6) is -0.0121. The summed E-state index contributed by atoms with van der Waals surface area (Å²) < 4.78 is 20.1. The van der Waals surface area contributed by atoms with Gasteiger partial charge in [0.15, 0.2) is 11.1 Å². The lowest BCUT2D eigenvalue weighted by atomic mass is 10.0. The second-order valence-electron chi connectivity index (χ2n) is 5.30. The second-order valence-corrected chi connectivity index (χ2v) is 6.27. The summed E-state index contributed by atoms with van der Waals surface area (Å²) in [4.78, 5) is 12.2. The maximum atomic E-state index is 11.8. The van der Waals surface area contributed by atoms with E-state index in [4.69, 9.17) is 4.55 Å². The lowest BCUT2D eigenvalue weighted by Crippen LogP contribution is -2.19. The fourth-order valence-electron chi connectivity index (χ4n) is 2.58. The van der Waals surface area contributed by atoms with Crippen LogP contribution in [0.4, 0.5) is 11.4 Å². The van der Waals surface area contributed by atoms with E-state index in [1.807, 2.05) is 25.1 Å². The average molecular weight is 316 g/mol. The molecule has 114 valence electrons.